The number of hydrogen-bond acceptors (Lipinski definition) is 5. The maximum atomic E-state index is 13.4. The third-order valence-corrected chi connectivity index (χ3v) is 6.12. The number of anilines is 2. The number of halogens is 1. The molecule has 166 valence electrons. The van der Waals surface area contributed by atoms with Crippen molar-refractivity contribution >= 4 is 22.4 Å². The highest BCUT2D eigenvalue weighted by Gasteiger charge is 2.30. The summed E-state index contributed by atoms with van der Waals surface area (Å²) in [5.41, 5.74) is 2.61. The Kier molecular flexibility index (Phi) is 5.90. The van der Waals surface area contributed by atoms with Gasteiger partial charge < -0.3 is 10.1 Å². The number of hydrogen-bond donors (Lipinski definition) is 1. The Balaban J connectivity index is 1.57. The van der Waals surface area contributed by atoms with E-state index in [1.165, 1.54) is 12.1 Å². The zero-order chi connectivity index (χ0) is 22.6. The molecule has 1 aliphatic carbocycles. The quantitative estimate of drug-likeness (QED) is 0.388. The van der Waals surface area contributed by atoms with E-state index in [9.17, 15) is 9.65 Å². The molecule has 5 rings (SSSR count). The second-order valence-corrected chi connectivity index (χ2v) is 8.30. The number of ether oxygens (including phenoxy) is 1. The highest BCUT2D eigenvalue weighted by molar-refractivity contribution is 5.96. The van der Waals surface area contributed by atoms with Crippen LogP contribution in [0, 0.1) is 23.1 Å². The molecule has 4 aromatic rings. The largest absolute Gasteiger partial charge is 0.472 e. The van der Waals surface area contributed by atoms with Crippen molar-refractivity contribution in [2.75, 3.05) is 5.32 Å². The van der Waals surface area contributed by atoms with Gasteiger partial charge >= 0.3 is 0 Å². The molecule has 0 saturated heterocycles. The Morgan fingerprint density at radius 3 is 2.64 bits per heavy atom. The first-order chi connectivity index (χ1) is 16.2. The van der Waals surface area contributed by atoms with Gasteiger partial charge in [0.25, 0.3) is 0 Å². The highest BCUT2D eigenvalue weighted by Crippen LogP contribution is 2.39. The summed E-state index contributed by atoms with van der Waals surface area (Å²) in [6.45, 7) is 0.373. The van der Waals surface area contributed by atoms with Crippen LogP contribution in [-0.4, -0.2) is 14.8 Å². The summed E-state index contributed by atoms with van der Waals surface area (Å²) in [5, 5.41) is 18.7. The zero-order valence-electron chi connectivity index (χ0n) is 18.1. The SMILES string of the molecule is N#C[C@H]1CCCC[C@@H]1n1nc(Nc2ccc(F)cc2)c2c(OCc3ccccc3)nccc21. The topological polar surface area (TPSA) is 75.8 Å². The van der Waals surface area contributed by atoms with E-state index in [0.717, 1.165) is 42.1 Å². The van der Waals surface area contributed by atoms with Crippen LogP contribution in [0.1, 0.15) is 37.3 Å². The second kappa shape index (κ2) is 9.29. The third kappa shape index (κ3) is 4.37. The zero-order valence-corrected chi connectivity index (χ0v) is 18.1. The number of nitriles is 1. The lowest BCUT2D eigenvalue weighted by atomic mass is 9.85. The molecule has 6 nitrogen and oxygen atoms in total. The minimum Gasteiger partial charge on any atom is -0.472 e. The van der Waals surface area contributed by atoms with E-state index in [1.54, 1.807) is 18.3 Å². The molecule has 2 aromatic carbocycles. The van der Waals surface area contributed by atoms with Gasteiger partial charge in [-0.2, -0.15) is 10.4 Å². The Labute approximate surface area is 191 Å². The van der Waals surface area contributed by atoms with Gasteiger partial charge in [0.1, 0.15) is 17.8 Å². The molecule has 1 saturated carbocycles. The van der Waals surface area contributed by atoms with Crippen molar-refractivity contribution in [1.29, 1.82) is 5.26 Å². The smallest absolute Gasteiger partial charge is 0.227 e. The monoisotopic (exact) mass is 441 g/mol. The van der Waals surface area contributed by atoms with Crippen molar-refractivity contribution in [2.45, 2.75) is 38.3 Å². The van der Waals surface area contributed by atoms with Gasteiger partial charge in [0.05, 0.1) is 23.5 Å². The summed E-state index contributed by atoms with van der Waals surface area (Å²) in [5.74, 6) is 0.650. The molecular weight excluding hydrogens is 417 g/mol. The Morgan fingerprint density at radius 2 is 1.85 bits per heavy atom. The van der Waals surface area contributed by atoms with Crippen LogP contribution in [0.25, 0.3) is 10.9 Å². The lowest BCUT2D eigenvalue weighted by Crippen LogP contribution is -2.23. The molecule has 7 heteroatoms. The molecule has 0 radical (unpaired) electrons. The fourth-order valence-corrected chi connectivity index (χ4v) is 4.46. The molecule has 0 amide bonds. The minimum atomic E-state index is -0.302. The Morgan fingerprint density at radius 1 is 1.06 bits per heavy atom. The van der Waals surface area contributed by atoms with Crippen LogP contribution in [0.5, 0.6) is 5.88 Å². The summed E-state index contributed by atoms with van der Waals surface area (Å²) in [6, 6.07) is 20.4. The van der Waals surface area contributed by atoms with Crippen LogP contribution in [0.15, 0.2) is 66.9 Å². The maximum absolute atomic E-state index is 13.4. The van der Waals surface area contributed by atoms with Crippen LogP contribution in [-0.2, 0) is 6.61 Å². The molecule has 1 N–H and O–H groups in total. The minimum absolute atomic E-state index is 0.0145. The Bertz CT molecular complexity index is 1280. The molecule has 1 aliphatic rings. The van der Waals surface area contributed by atoms with Crippen LogP contribution < -0.4 is 10.1 Å². The predicted molar refractivity (Wildman–Crippen MR) is 125 cm³/mol. The van der Waals surface area contributed by atoms with Crippen LogP contribution >= 0.6 is 0 Å². The molecular formula is C26H24FN5O. The van der Waals surface area contributed by atoms with Gasteiger partial charge in [-0.05, 0) is 48.7 Å². The highest BCUT2D eigenvalue weighted by atomic mass is 19.1. The van der Waals surface area contributed by atoms with Gasteiger partial charge in [0.15, 0.2) is 5.82 Å². The van der Waals surface area contributed by atoms with Crippen molar-refractivity contribution < 1.29 is 9.13 Å². The average Bonchev–Trinajstić information content (AvgIpc) is 3.23. The fraction of sp³-hybridized carbons (Fsp3) is 0.269. The standard InChI is InChI=1S/C26H24FN5O/c27-20-10-12-21(13-11-20)30-25-24-23(32(31-25)22-9-5-4-8-19(22)16-28)14-15-29-26(24)33-17-18-6-2-1-3-7-18/h1-3,6-7,10-15,19,22H,4-5,8-9,17H2,(H,30,31)/t19-,22+/m1/s1. The summed E-state index contributed by atoms with van der Waals surface area (Å²) in [7, 11) is 0. The van der Waals surface area contributed by atoms with Gasteiger partial charge in [-0.25, -0.2) is 9.37 Å². The molecule has 2 heterocycles. The van der Waals surface area contributed by atoms with E-state index in [-0.39, 0.29) is 17.8 Å². The van der Waals surface area contributed by atoms with E-state index in [0.29, 0.717) is 24.0 Å². The normalized spacial score (nSPS) is 18.1. The fourth-order valence-electron chi connectivity index (χ4n) is 4.46. The lowest BCUT2D eigenvalue weighted by molar-refractivity contribution is 0.277. The number of nitrogens with one attached hydrogen (secondary N) is 1. The first kappa shape index (κ1) is 21.0. The molecule has 2 aromatic heterocycles. The second-order valence-electron chi connectivity index (χ2n) is 8.30. The van der Waals surface area contributed by atoms with E-state index in [4.69, 9.17) is 9.84 Å². The van der Waals surface area contributed by atoms with Crippen LogP contribution in [0.2, 0.25) is 0 Å². The van der Waals surface area contributed by atoms with Crippen molar-refractivity contribution in [1.82, 2.24) is 14.8 Å². The van der Waals surface area contributed by atoms with Crippen molar-refractivity contribution in [3.05, 3.63) is 78.2 Å². The summed E-state index contributed by atoms with van der Waals surface area (Å²) in [6.07, 6.45) is 5.60. The van der Waals surface area contributed by atoms with Crippen LogP contribution in [0.3, 0.4) is 0 Å². The number of rotatable bonds is 6. The number of pyridine rings is 1. The van der Waals surface area contributed by atoms with Gasteiger partial charge in [-0.1, -0.05) is 43.2 Å². The van der Waals surface area contributed by atoms with E-state index < -0.39 is 0 Å². The maximum Gasteiger partial charge on any atom is 0.227 e. The van der Waals surface area contributed by atoms with Gasteiger partial charge in [0.2, 0.25) is 5.88 Å². The average molecular weight is 442 g/mol. The van der Waals surface area contributed by atoms with Gasteiger partial charge in [-0.3, -0.25) is 4.68 Å². The van der Waals surface area contributed by atoms with E-state index >= 15 is 0 Å². The van der Waals surface area contributed by atoms with Crippen molar-refractivity contribution in [3.8, 4) is 11.9 Å². The molecule has 0 aliphatic heterocycles. The summed E-state index contributed by atoms with van der Waals surface area (Å²) >= 11 is 0. The number of benzene rings is 2. The lowest BCUT2D eigenvalue weighted by Gasteiger charge is -2.27. The molecule has 33 heavy (non-hydrogen) atoms. The van der Waals surface area contributed by atoms with Crippen molar-refractivity contribution in [3.63, 3.8) is 0 Å². The molecule has 2 atom stereocenters. The number of aromatic nitrogens is 3. The molecule has 0 bridgehead atoms. The first-order valence-corrected chi connectivity index (χ1v) is 11.2. The van der Waals surface area contributed by atoms with Gasteiger partial charge in [0, 0.05) is 11.9 Å². The number of nitrogens with zero attached hydrogens (tertiary/aromatic N) is 4. The molecule has 1 fully saturated rings. The van der Waals surface area contributed by atoms with E-state index in [1.807, 2.05) is 41.1 Å². The number of fused-ring (bicyclic) bond motifs is 1. The predicted octanol–water partition coefficient (Wildman–Crippen LogP) is 6.15. The Hall–Kier alpha value is -3.92. The third-order valence-electron chi connectivity index (χ3n) is 6.12. The van der Waals surface area contributed by atoms with Crippen molar-refractivity contribution in [2.24, 2.45) is 5.92 Å². The summed E-state index contributed by atoms with van der Waals surface area (Å²) in [4.78, 5) is 4.50. The molecule has 0 spiro atoms. The van der Waals surface area contributed by atoms with Crippen LogP contribution in [0.4, 0.5) is 15.9 Å². The van der Waals surface area contributed by atoms with Gasteiger partial charge in [-0.15, -0.1) is 0 Å². The first-order valence-electron chi connectivity index (χ1n) is 11.2. The van der Waals surface area contributed by atoms with E-state index in [2.05, 4.69) is 16.4 Å². The molecule has 0 unspecified atom stereocenters. The summed E-state index contributed by atoms with van der Waals surface area (Å²) < 4.78 is 21.5.